The van der Waals surface area contributed by atoms with Gasteiger partial charge in [0.15, 0.2) is 5.78 Å². The molecule has 0 amide bonds. The molecule has 0 spiro atoms. The molecule has 0 saturated carbocycles. The van der Waals surface area contributed by atoms with Crippen LogP contribution in [0.15, 0.2) is 29.8 Å². The van der Waals surface area contributed by atoms with Crippen molar-refractivity contribution in [3.63, 3.8) is 0 Å². The minimum absolute atomic E-state index is 0.133. The Morgan fingerprint density at radius 2 is 2.25 bits per heavy atom. The number of benzene rings is 1. The number of rotatable bonds is 3. The van der Waals surface area contributed by atoms with Crippen molar-refractivity contribution in [2.75, 3.05) is 7.11 Å². The number of carbonyl (C=O) groups excluding carboxylic acids is 1. The van der Waals surface area contributed by atoms with Gasteiger partial charge >= 0.3 is 0 Å². The van der Waals surface area contributed by atoms with Gasteiger partial charge in [0.05, 0.1) is 12.7 Å². The van der Waals surface area contributed by atoms with Gasteiger partial charge < -0.3 is 4.74 Å². The lowest BCUT2D eigenvalue weighted by atomic mass is 10.0. The van der Waals surface area contributed by atoms with Gasteiger partial charge in [-0.1, -0.05) is 6.08 Å². The zero-order valence-corrected chi connectivity index (χ0v) is 9.13. The molecular weight excluding hydrogens is 207 g/mol. The maximum atomic E-state index is 13.6. The van der Waals surface area contributed by atoms with Crippen LogP contribution in [0.4, 0.5) is 4.39 Å². The van der Waals surface area contributed by atoms with Crippen LogP contribution < -0.4 is 4.74 Å². The normalized spacial score (nSPS) is 14.8. The van der Waals surface area contributed by atoms with Crippen LogP contribution in [-0.4, -0.2) is 12.9 Å². The third kappa shape index (κ3) is 1.98. The molecule has 1 aromatic carbocycles. The number of halogens is 1. The van der Waals surface area contributed by atoms with Crippen molar-refractivity contribution in [3.8, 4) is 5.75 Å². The zero-order chi connectivity index (χ0) is 11.5. The van der Waals surface area contributed by atoms with E-state index in [-0.39, 0.29) is 11.3 Å². The van der Waals surface area contributed by atoms with E-state index in [1.807, 2.05) is 6.08 Å². The monoisotopic (exact) mass is 220 g/mol. The quantitative estimate of drug-likeness (QED) is 0.731. The zero-order valence-electron chi connectivity index (χ0n) is 9.13. The number of hydrogen-bond donors (Lipinski definition) is 0. The molecule has 0 aromatic heterocycles. The summed E-state index contributed by atoms with van der Waals surface area (Å²) >= 11 is 0. The van der Waals surface area contributed by atoms with E-state index in [1.54, 1.807) is 6.07 Å². The molecule has 84 valence electrons. The fourth-order valence-electron chi connectivity index (χ4n) is 1.86. The number of hydrogen-bond acceptors (Lipinski definition) is 2. The third-order valence-corrected chi connectivity index (χ3v) is 2.75. The standard InChI is InChI=1S/C13H13FO2/c1-16-10-6-7-11(12(14)8-10)13(15)9-4-2-3-5-9/h4,6-8H,2-3,5H2,1H3. The Balaban J connectivity index is 2.30. The molecule has 0 N–H and O–H groups in total. The summed E-state index contributed by atoms with van der Waals surface area (Å²) in [5, 5.41) is 0. The summed E-state index contributed by atoms with van der Waals surface area (Å²) in [6.07, 6.45) is 4.55. The van der Waals surface area contributed by atoms with E-state index >= 15 is 0 Å². The summed E-state index contributed by atoms with van der Waals surface area (Å²) in [7, 11) is 1.47. The number of ketones is 1. The Labute approximate surface area is 93.7 Å². The lowest BCUT2D eigenvalue weighted by Crippen LogP contribution is -2.04. The molecule has 16 heavy (non-hydrogen) atoms. The van der Waals surface area contributed by atoms with Crippen LogP contribution in [0.1, 0.15) is 29.6 Å². The molecule has 1 aliphatic rings. The maximum absolute atomic E-state index is 13.6. The molecule has 0 saturated heterocycles. The van der Waals surface area contributed by atoms with Crippen molar-refractivity contribution < 1.29 is 13.9 Å². The lowest BCUT2D eigenvalue weighted by Gasteiger charge is -2.05. The van der Waals surface area contributed by atoms with Crippen LogP contribution in [0.5, 0.6) is 5.75 Å². The number of Topliss-reactive ketones (excluding diaryl/α,β-unsaturated/α-hetero) is 1. The van der Waals surface area contributed by atoms with Crippen molar-refractivity contribution in [2.45, 2.75) is 19.3 Å². The first-order chi connectivity index (χ1) is 7.72. The van der Waals surface area contributed by atoms with Gasteiger partial charge in [-0.3, -0.25) is 4.79 Å². The predicted molar refractivity (Wildman–Crippen MR) is 59.2 cm³/mol. The van der Waals surface area contributed by atoms with Crippen LogP contribution in [0.2, 0.25) is 0 Å². The van der Waals surface area contributed by atoms with Crippen LogP contribution in [0.25, 0.3) is 0 Å². The van der Waals surface area contributed by atoms with E-state index in [0.29, 0.717) is 5.75 Å². The number of allylic oxidation sites excluding steroid dienone is 2. The van der Waals surface area contributed by atoms with Crippen molar-refractivity contribution in [3.05, 3.63) is 41.2 Å². The molecule has 0 bridgehead atoms. The summed E-state index contributed by atoms with van der Waals surface area (Å²) in [4.78, 5) is 11.9. The molecule has 0 fully saturated rings. The van der Waals surface area contributed by atoms with Crippen LogP contribution >= 0.6 is 0 Å². The van der Waals surface area contributed by atoms with E-state index in [9.17, 15) is 9.18 Å². The Bertz CT molecular complexity index is 449. The second-order valence-electron chi connectivity index (χ2n) is 3.80. The Morgan fingerprint density at radius 3 is 2.81 bits per heavy atom. The van der Waals surface area contributed by atoms with Gasteiger partial charge in [-0.25, -0.2) is 4.39 Å². The molecule has 0 aliphatic heterocycles. The predicted octanol–water partition coefficient (Wildman–Crippen LogP) is 3.13. The average molecular weight is 220 g/mol. The average Bonchev–Trinajstić information content (AvgIpc) is 2.81. The summed E-state index contributed by atoms with van der Waals surface area (Å²) in [5.74, 6) is -0.288. The van der Waals surface area contributed by atoms with Crippen LogP contribution in [-0.2, 0) is 0 Å². The molecule has 2 rings (SSSR count). The van der Waals surface area contributed by atoms with Gasteiger partial charge in [0, 0.05) is 6.07 Å². The molecule has 0 atom stereocenters. The highest BCUT2D eigenvalue weighted by molar-refractivity contribution is 6.09. The first-order valence-corrected chi connectivity index (χ1v) is 5.29. The Kier molecular flexibility index (Phi) is 3.04. The highest BCUT2D eigenvalue weighted by Crippen LogP contribution is 2.24. The number of carbonyl (C=O) groups is 1. The molecule has 0 unspecified atom stereocenters. The Hall–Kier alpha value is -1.64. The maximum Gasteiger partial charge on any atom is 0.191 e. The van der Waals surface area contributed by atoms with Gasteiger partial charge in [-0.2, -0.15) is 0 Å². The SMILES string of the molecule is COc1ccc(C(=O)C2=CCCC2)c(F)c1. The first kappa shape index (κ1) is 10.9. The van der Waals surface area contributed by atoms with Crippen molar-refractivity contribution >= 4 is 5.78 Å². The molecule has 0 radical (unpaired) electrons. The second kappa shape index (κ2) is 4.47. The summed E-state index contributed by atoms with van der Waals surface area (Å²) in [6, 6.07) is 4.32. The number of ether oxygens (including phenoxy) is 1. The van der Waals surface area contributed by atoms with Crippen molar-refractivity contribution in [1.82, 2.24) is 0 Å². The summed E-state index contributed by atoms with van der Waals surface area (Å²) in [5.41, 5.74) is 0.859. The molecule has 3 heteroatoms. The highest BCUT2D eigenvalue weighted by atomic mass is 19.1. The molecule has 2 nitrogen and oxygen atoms in total. The minimum atomic E-state index is -0.517. The summed E-state index contributed by atoms with van der Waals surface area (Å²) < 4.78 is 18.5. The van der Waals surface area contributed by atoms with E-state index in [4.69, 9.17) is 4.74 Å². The van der Waals surface area contributed by atoms with Gasteiger partial charge in [0.25, 0.3) is 0 Å². The van der Waals surface area contributed by atoms with Gasteiger partial charge in [0.2, 0.25) is 0 Å². The molecule has 1 aliphatic carbocycles. The van der Waals surface area contributed by atoms with Gasteiger partial charge in [0.1, 0.15) is 11.6 Å². The minimum Gasteiger partial charge on any atom is -0.497 e. The van der Waals surface area contributed by atoms with E-state index < -0.39 is 5.82 Å². The van der Waals surface area contributed by atoms with Crippen LogP contribution in [0.3, 0.4) is 0 Å². The molecule has 0 heterocycles. The van der Waals surface area contributed by atoms with Crippen molar-refractivity contribution in [2.24, 2.45) is 0 Å². The van der Waals surface area contributed by atoms with Crippen LogP contribution in [0, 0.1) is 5.82 Å². The van der Waals surface area contributed by atoms with E-state index in [1.165, 1.54) is 19.2 Å². The van der Waals surface area contributed by atoms with Gasteiger partial charge in [-0.05, 0) is 37.0 Å². The Morgan fingerprint density at radius 1 is 1.44 bits per heavy atom. The van der Waals surface area contributed by atoms with E-state index in [0.717, 1.165) is 24.8 Å². The highest BCUT2D eigenvalue weighted by Gasteiger charge is 2.18. The van der Waals surface area contributed by atoms with Crippen molar-refractivity contribution in [1.29, 1.82) is 0 Å². The lowest BCUT2D eigenvalue weighted by molar-refractivity contribution is 0.102. The largest absolute Gasteiger partial charge is 0.497 e. The smallest absolute Gasteiger partial charge is 0.191 e. The fraction of sp³-hybridized carbons (Fsp3) is 0.308. The topological polar surface area (TPSA) is 26.3 Å². The fourth-order valence-corrected chi connectivity index (χ4v) is 1.86. The number of methoxy groups -OCH3 is 1. The second-order valence-corrected chi connectivity index (χ2v) is 3.80. The van der Waals surface area contributed by atoms with Gasteiger partial charge in [-0.15, -0.1) is 0 Å². The molecular formula is C13H13FO2. The first-order valence-electron chi connectivity index (χ1n) is 5.29. The molecule has 1 aromatic rings. The van der Waals surface area contributed by atoms with E-state index in [2.05, 4.69) is 0 Å². The third-order valence-electron chi connectivity index (χ3n) is 2.75. The summed E-state index contributed by atoms with van der Waals surface area (Å²) in [6.45, 7) is 0.